The Kier molecular flexibility index (Phi) is 4.92. The van der Waals surface area contributed by atoms with E-state index in [0.717, 1.165) is 23.2 Å². The lowest BCUT2D eigenvalue weighted by Crippen LogP contribution is -2.27. The van der Waals surface area contributed by atoms with Gasteiger partial charge in [0.15, 0.2) is 0 Å². The number of anilines is 1. The molecule has 1 amide bonds. The Morgan fingerprint density at radius 2 is 1.84 bits per heavy atom. The van der Waals surface area contributed by atoms with Gasteiger partial charge in [0.1, 0.15) is 0 Å². The van der Waals surface area contributed by atoms with Gasteiger partial charge in [0.25, 0.3) is 0 Å². The zero-order valence-corrected chi connectivity index (χ0v) is 15.2. The highest BCUT2D eigenvalue weighted by Crippen LogP contribution is 2.27. The number of nitrogens with zero attached hydrogens (tertiary/aromatic N) is 1. The highest BCUT2D eigenvalue weighted by molar-refractivity contribution is 7.89. The van der Waals surface area contributed by atoms with Crippen LogP contribution in [0, 0.1) is 6.92 Å². The monoisotopic (exact) mass is 358 g/mol. The first-order valence-electron chi connectivity index (χ1n) is 8.37. The van der Waals surface area contributed by atoms with Crippen LogP contribution in [-0.2, 0) is 14.8 Å². The van der Waals surface area contributed by atoms with Crippen molar-refractivity contribution in [3.63, 3.8) is 0 Å². The van der Waals surface area contributed by atoms with Crippen LogP contribution >= 0.6 is 0 Å². The van der Waals surface area contributed by atoms with Crippen LogP contribution in [-0.4, -0.2) is 20.9 Å². The van der Waals surface area contributed by atoms with Crippen molar-refractivity contribution in [2.75, 3.05) is 11.4 Å². The minimum Gasteiger partial charge on any atom is -0.312 e. The average molecular weight is 358 g/mol. The zero-order chi connectivity index (χ0) is 18.0. The standard InChI is InChI=1S/C19H22N2O3S/c1-14-13-17(10-11-18(14)21-12-6-9-19(21)22)25(23,24)20-15(2)16-7-4-3-5-8-16/h3-5,7-8,10-11,13,15,20H,6,9,12H2,1-2H3/t15-/m1/s1. The fourth-order valence-corrected chi connectivity index (χ4v) is 4.43. The summed E-state index contributed by atoms with van der Waals surface area (Å²) in [5.41, 5.74) is 2.48. The van der Waals surface area contributed by atoms with E-state index in [9.17, 15) is 13.2 Å². The molecule has 6 heteroatoms. The molecule has 2 aromatic carbocycles. The summed E-state index contributed by atoms with van der Waals surface area (Å²) in [4.78, 5) is 13.8. The van der Waals surface area contributed by atoms with Crippen molar-refractivity contribution in [1.82, 2.24) is 4.72 Å². The molecule has 0 bridgehead atoms. The fourth-order valence-electron chi connectivity index (χ4n) is 3.11. The van der Waals surface area contributed by atoms with E-state index in [-0.39, 0.29) is 16.8 Å². The third kappa shape index (κ3) is 3.75. The SMILES string of the molecule is Cc1cc(S(=O)(=O)N[C@H](C)c2ccccc2)ccc1N1CCCC1=O. The largest absolute Gasteiger partial charge is 0.312 e. The number of nitrogens with one attached hydrogen (secondary N) is 1. The summed E-state index contributed by atoms with van der Waals surface area (Å²) in [5.74, 6) is 0.0922. The predicted molar refractivity (Wildman–Crippen MR) is 97.9 cm³/mol. The molecule has 1 fully saturated rings. The average Bonchev–Trinajstić information content (AvgIpc) is 3.01. The molecule has 1 aliphatic heterocycles. The van der Waals surface area contributed by atoms with Crippen LogP contribution in [0.25, 0.3) is 0 Å². The molecule has 1 N–H and O–H groups in total. The van der Waals surface area contributed by atoms with Gasteiger partial charge in [-0.1, -0.05) is 30.3 Å². The van der Waals surface area contributed by atoms with Crippen LogP contribution in [0.4, 0.5) is 5.69 Å². The molecular weight excluding hydrogens is 336 g/mol. The molecule has 1 atom stereocenters. The molecule has 1 aliphatic rings. The Morgan fingerprint density at radius 3 is 2.44 bits per heavy atom. The number of aryl methyl sites for hydroxylation is 1. The summed E-state index contributed by atoms with van der Waals surface area (Å²) in [7, 11) is -3.64. The smallest absolute Gasteiger partial charge is 0.241 e. The van der Waals surface area contributed by atoms with Crippen molar-refractivity contribution in [2.45, 2.75) is 37.6 Å². The van der Waals surface area contributed by atoms with Gasteiger partial charge >= 0.3 is 0 Å². The molecule has 0 spiro atoms. The Bertz CT molecular complexity index is 879. The van der Waals surface area contributed by atoms with E-state index in [4.69, 9.17) is 0 Å². The molecule has 25 heavy (non-hydrogen) atoms. The normalized spacial score (nSPS) is 16.2. The lowest BCUT2D eigenvalue weighted by atomic mass is 10.1. The highest BCUT2D eigenvalue weighted by Gasteiger charge is 2.25. The van der Waals surface area contributed by atoms with E-state index in [0.29, 0.717) is 13.0 Å². The summed E-state index contributed by atoms with van der Waals surface area (Å²) < 4.78 is 28.1. The lowest BCUT2D eigenvalue weighted by molar-refractivity contribution is -0.117. The van der Waals surface area contributed by atoms with Crippen molar-refractivity contribution in [2.24, 2.45) is 0 Å². The lowest BCUT2D eigenvalue weighted by Gasteiger charge is -2.20. The molecule has 0 radical (unpaired) electrons. The zero-order valence-electron chi connectivity index (χ0n) is 14.4. The second kappa shape index (κ2) is 6.98. The van der Waals surface area contributed by atoms with Gasteiger partial charge in [-0.15, -0.1) is 0 Å². The highest BCUT2D eigenvalue weighted by atomic mass is 32.2. The summed E-state index contributed by atoms with van der Waals surface area (Å²) in [6, 6.07) is 14.0. The molecule has 1 saturated heterocycles. The van der Waals surface area contributed by atoms with Gasteiger partial charge in [-0.05, 0) is 49.6 Å². The molecule has 0 aliphatic carbocycles. The van der Waals surface area contributed by atoms with Crippen molar-refractivity contribution in [1.29, 1.82) is 0 Å². The Balaban J connectivity index is 1.83. The number of hydrogen-bond acceptors (Lipinski definition) is 3. The molecule has 0 unspecified atom stereocenters. The van der Waals surface area contributed by atoms with E-state index in [1.165, 1.54) is 0 Å². The van der Waals surface area contributed by atoms with Crippen molar-refractivity contribution < 1.29 is 13.2 Å². The second-order valence-electron chi connectivity index (χ2n) is 6.35. The molecule has 1 heterocycles. The van der Waals surface area contributed by atoms with Gasteiger partial charge in [0, 0.05) is 24.7 Å². The van der Waals surface area contributed by atoms with E-state index in [1.54, 1.807) is 23.1 Å². The summed E-state index contributed by atoms with van der Waals surface area (Å²) in [6.07, 6.45) is 1.39. The van der Waals surface area contributed by atoms with Gasteiger partial charge in [-0.2, -0.15) is 0 Å². The van der Waals surface area contributed by atoms with Gasteiger partial charge in [0.05, 0.1) is 4.90 Å². The molecule has 132 valence electrons. The van der Waals surface area contributed by atoms with Crippen molar-refractivity contribution >= 4 is 21.6 Å². The first-order valence-corrected chi connectivity index (χ1v) is 9.85. The maximum Gasteiger partial charge on any atom is 0.241 e. The topological polar surface area (TPSA) is 66.5 Å². The van der Waals surface area contributed by atoms with Crippen molar-refractivity contribution in [3.8, 4) is 0 Å². The van der Waals surface area contributed by atoms with Crippen molar-refractivity contribution in [3.05, 3.63) is 59.7 Å². The van der Waals surface area contributed by atoms with Crippen LogP contribution in [0.2, 0.25) is 0 Å². The molecular formula is C19H22N2O3S. The number of sulfonamides is 1. The Hall–Kier alpha value is -2.18. The Labute approximate surface area is 148 Å². The third-order valence-electron chi connectivity index (χ3n) is 4.47. The van der Waals surface area contributed by atoms with E-state index in [1.807, 2.05) is 44.2 Å². The number of amides is 1. The van der Waals surface area contributed by atoms with Gasteiger partial charge in [-0.25, -0.2) is 13.1 Å². The number of rotatable bonds is 5. The van der Waals surface area contributed by atoms with Crippen LogP contribution in [0.5, 0.6) is 0 Å². The molecule has 0 saturated carbocycles. The van der Waals surface area contributed by atoms with Crippen LogP contribution in [0.3, 0.4) is 0 Å². The summed E-state index contributed by atoms with van der Waals surface area (Å²) in [6.45, 7) is 4.34. The second-order valence-corrected chi connectivity index (χ2v) is 8.06. The third-order valence-corrected chi connectivity index (χ3v) is 6.01. The predicted octanol–water partition coefficient (Wildman–Crippen LogP) is 3.16. The number of carbonyl (C=O) groups excluding carboxylic acids is 1. The minimum atomic E-state index is -3.64. The summed E-state index contributed by atoms with van der Waals surface area (Å²) >= 11 is 0. The van der Waals surface area contributed by atoms with Gasteiger partial charge < -0.3 is 4.90 Å². The maximum atomic E-state index is 12.7. The van der Waals surface area contributed by atoms with E-state index >= 15 is 0 Å². The van der Waals surface area contributed by atoms with Crippen LogP contribution < -0.4 is 9.62 Å². The number of carbonyl (C=O) groups is 1. The van der Waals surface area contributed by atoms with Gasteiger partial charge in [0.2, 0.25) is 15.9 Å². The van der Waals surface area contributed by atoms with E-state index in [2.05, 4.69) is 4.72 Å². The number of benzene rings is 2. The van der Waals surface area contributed by atoms with Crippen LogP contribution in [0.15, 0.2) is 53.4 Å². The molecule has 5 nitrogen and oxygen atoms in total. The quantitative estimate of drug-likeness (QED) is 0.893. The number of hydrogen-bond donors (Lipinski definition) is 1. The van der Waals surface area contributed by atoms with Gasteiger partial charge in [-0.3, -0.25) is 4.79 Å². The molecule has 3 rings (SSSR count). The Morgan fingerprint density at radius 1 is 1.12 bits per heavy atom. The summed E-state index contributed by atoms with van der Waals surface area (Å²) in [5, 5.41) is 0. The minimum absolute atomic E-state index is 0.0922. The van der Waals surface area contributed by atoms with Crippen LogP contribution in [0.1, 0.15) is 36.9 Å². The first kappa shape index (κ1) is 17.6. The maximum absolute atomic E-state index is 12.7. The fraction of sp³-hybridized carbons (Fsp3) is 0.316. The molecule has 0 aromatic heterocycles. The first-order chi connectivity index (χ1) is 11.9. The van der Waals surface area contributed by atoms with E-state index < -0.39 is 10.0 Å². The molecule has 2 aromatic rings.